The third-order valence-electron chi connectivity index (χ3n) is 5.09. The average Bonchev–Trinajstić information content (AvgIpc) is 2.84. The van der Waals surface area contributed by atoms with Crippen LogP contribution in [-0.4, -0.2) is 40.0 Å². The average molecular weight is 344 g/mol. The number of H-pyrrole nitrogens is 1. The van der Waals surface area contributed by atoms with Gasteiger partial charge in [-0.05, 0) is 25.7 Å². The van der Waals surface area contributed by atoms with Gasteiger partial charge in [0.1, 0.15) is 0 Å². The Morgan fingerprint density at radius 3 is 2.58 bits per heavy atom. The summed E-state index contributed by atoms with van der Waals surface area (Å²) in [4.78, 5) is 32.2. The number of piperidine rings is 1. The number of amides is 1. The van der Waals surface area contributed by atoms with E-state index in [1.165, 1.54) is 4.90 Å². The Balaban J connectivity index is 1.69. The summed E-state index contributed by atoms with van der Waals surface area (Å²) in [7, 11) is 0. The van der Waals surface area contributed by atoms with Crippen molar-refractivity contribution < 1.29 is 18.0 Å². The lowest BCUT2D eigenvalue weighted by molar-refractivity contribution is -0.150. The lowest BCUT2D eigenvalue weighted by Crippen LogP contribution is -2.45. The van der Waals surface area contributed by atoms with Crippen LogP contribution in [-0.2, 0) is 16.6 Å². The van der Waals surface area contributed by atoms with Gasteiger partial charge in [0.05, 0.1) is 12.1 Å². The molecule has 2 heterocycles. The Bertz CT molecular complexity index is 706. The molecule has 0 saturated carbocycles. The van der Waals surface area contributed by atoms with E-state index < -0.39 is 24.9 Å². The number of aromatic nitrogens is 2. The Hall–Kier alpha value is -2.06. The third kappa shape index (κ3) is 3.11. The fraction of sp³-hybridized carbons (Fsp3) is 0.667. The molecule has 0 atom stereocenters. The van der Waals surface area contributed by atoms with E-state index in [1.807, 2.05) is 0 Å². The second kappa shape index (κ2) is 5.78. The van der Waals surface area contributed by atoms with E-state index in [1.54, 1.807) is 0 Å². The van der Waals surface area contributed by atoms with Crippen molar-refractivity contribution >= 4 is 11.9 Å². The summed E-state index contributed by atoms with van der Waals surface area (Å²) in [6.07, 6.45) is -3.38. The van der Waals surface area contributed by atoms with Crippen LogP contribution in [0, 0.1) is 0 Å². The zero-order chi connectivity index (χ0) is 17.5. The van der Waals surface area contributed by atoms with Crippen LogP contribution in [0.1, 0.15) is 43.4 Å². The van der Waals surface area contributed by atoms with Gasteiger partial charge in [0.15, 0.2) is 0 Å². The molecule has 0 aromatic carbocycles. The van der Waals surface area contributed by atoms with Crippen molar-refractivity contribution in [3.63, 3.8) is 0 Å². The van der Waals surface area contributed by atoms with Gasteiger partial charge in [0.2, 0.25) is 11.9 Å². The predicted molar refractivity (Wildman–Crippen MR) is 80.4 cm³/mol. The third-order valence-corrected chi connectivity index (χ3v) is 5.09. The molecule has 1 saturated heterocycles. The number of carbonyl (C=O) groups excluding carboxylic acids is 1. The fourth-order valence-electron chi connectivity index (χ4n) is 3.75. The molecule has 2 aliphatic rings. The number of hydrogen-bond acceptors (Lipinski definition) is 4. The number of fused-ring (bicyclic) bond motifs is 2. The number of likely N-dealkylation sites (tertiary alicyclic amines) is 1. The maximum absolute atomic E-state index is 12.2. The first-order chi connectivity index (χ1) is 11.2. The van der Waals surface area contributed by atoms with Gasteiger partial charge < -0.3 is 10.6 Å². The van der Waals surface area contributed by atoms with E-state index in [9.17, 15) is 22.8 Å². The SMILES string of the molecule is Nc1nc2c(c(=O)[nH]1)CCC21CCN(C(=O)CCC(F)(F)F)CC1. The number of hydrogen-bond donors (Lipinski definition) is 2. The van der Waals surface area contributed by atoms with Gasteiger partial charge in [-0.15, -0.1) is 0 Å². The van der Waals surface area contributed by atoms with Gasteiger partial charge in [0, 0.05) is 30.5 Å². The number of nitrogen functional groups attached to an aromatic ring is 1. The van der Waals surface area contributed by atoms with Crippen molar-refractivity contribution in [3.05, 3.63) is 21.6 Å². The molecule has 24 heavy (non-hydrogen) atoms. The van der Waals surface area contributed by atoms with E-state index >= 15 is 0 Å². The number of anilines is 1. The number of alkyl halides is 3. The molecule has 1 fully saturated rings. The van der Waals surface area contributed by atoms with Crippen molar-refractivity contribution in [1.29, 1.82) is 0 Å². The topological polar surface area (TPSA) is 92.1 Å². The zero-order valence-electron chi connectivity index (χ0n) is 13.1. The number of nitrogens with two attached hydrogens (primary N) is 1. The van der Waals surface area contributed by atoms with Crippen molar-refractivity contribution in [3.8, 4) is 0 Å². The highest BCUT2D eigenvalue weighted by Gasteiger charge is 2.44. The molecule has 3 rings (SSSR count). The Morgan fingerprint density at radius 2 is 1.96 bits per heavy atom. The molecular weight excluding hydrogens is 325 g/mol. The molecule has 132 valence electrons. The quantitative estimate of drug-likeness (QED) is 0.850. The first-order valence-electron chi connectivity index (χ1n) is 7.94. The van der Waals surface area contributed by atoms with Gasteiger partial charge in [-0.25, -0.2) is 4.98 Å². The molecule has 1 aromatic heterocycles. The van der Waals surface area contributed by atoms with Crippen LogP contribution in [0.5, 0.6) is 0 Å². The molecular formula is C15H19F3N4O2. The van der Waals surface area contributed by atoms with Crippen LogP contribution < -0.4 is 11.3 Å². The van der Waals surface area contributed by atoms with Crippen molar-refractivity contribution in [1.82, 2.24) is 14.9 Å². The van der Waals surface area contributed by atoms with E-state index in [2.05, 4.69) is 9.97 Å². The van der Waals surface area contributed by atoms with Gasteiger partial charge in [-0.1, -0.05) is 0 Å². The van der Waals surface area contributed by atoms with Crippen LogP contribution >= 0.6 is 0 Å². The smallest absolute Gasteiger partial charge is 0.369 e. The number of aromatic amines is 1. The van der Waals surface area contributed by atoms with Gasteiger partial charge >= 0.3 is 6.18 Å². The van der Waals surface area contributed by atoms with E-state index in [0.717, 1.165) is 6.42 Å². The second-order valence-electron chi connectivity index (χ2n) is 6.55. The molecule has 0 radical (unpaired) electrons. The van der Waals surface area contributed by atoms with E-state index in [-0.39, 0.29) is 16.9 Å². The Kier molecular flexibility index (Phi) is 4.05. The van der Waals surface area contributed by atoms with Crippen LogP contribution in [0.4, 0.5) is 19.1 Å². The number of halogens is 3. The molecule has 3 N–H and O–H groups in total. The molecule has 0 unspecified atom stereocenters. The summed E-state index contributed by atoms with van der Waals surface area (Å²) >= 11 is 0. The molecule has 1 aliphatic heterocycles. The maximum atomic E-state index is 12.2. The summed E-state index contributed by atoms with van der Waals surface area (Å²) < 4.78 is 36.7. The summed E-state index contributed by atoms with van der Waals surface area (Å²) in [5.41, 5.74) is 6.46. The maximum Gasteiger partial charge on any atom is 0.389 e. The first kappa shape index (κ1) is 16.8. The molecule has 1 aromatic rings. The lowest BCUT2D eigenvalue weighted by Gasteiger charge is -2.39. The van der Waals surface area contributed by atoms with Crippen molar-refractivity contribution in [2.75, 3.05) is 18.8 Å². The monoisotopic (exact) mass is 344 g/mol. The molecule has 6 nitrogen and oxygen atoms in total. The summed E-state index contributed by atoms with van der Waals surface area (Å²) in [5.74, 6) is -0.400. The lowest BCUT2D eigenvalue weighted by atomic mass is 9.76. The van der Waals surface area contributed by atoms with Crippen LogP contribution in [0.3, 0.4) is 0 Å². The number of nitrogens with zero attached hydrogens (tertiary/aromatic N) is 2. The van der Waals surface area contributed by atoms with Crippen molar-refractivity contribution in [2.45, 2.75) is 50.1 Å². The summed E-state index contributed by atoms with van der Waals surface area (Å²) in [6.45, 7) is 0.759. The summed E-state index contributed by atoms with van der Waals surface area (Å²) in [6, 6.07) is 0. The van der Waals surface area contributed by atoms with Gasteiger partial charge in [0.25, 0.3) is 5.56 Å². The highest BCUT2D eigenvalue weighted by molar-refractivity contribution is 5.76. The van der Waals surface area contributed by atoms with E-state index in [0.29, 0.717) is 43.6 Å². The molecule has 1 spiro atoms. The minimum absolute atomic E-state index is 0.0729. The van der Waals surface area contributed by atoms with Crippen LogP contribution in [0.2, 0.25) is 0 Å². The zero-order valence-corrected chi connectivity index (χ0v) is 13.1. The number of nitrogens with one attached hydrogen (secondary N) is 1. The Labute approximate surface area is 136 Å². The second-order valence-corrected chi connectivity index (χ2v) is 6.55. The normalized spacial score (nSPS) is 19.5. The van der Waals surface area contributed by atoms with Gasteiger partial charge in [-0.2, -0.15) is 13.2 Å². The largest absolute Gasteiger partial charge is 0.389 e. The predicted octanol–water partition coefficient (Wildman–Crippen LogP) is 1.50. The number of rotatable bonds is 2. The van der Waals surface area contributed by atoms with E-state index in [4.69, 9.17) is 5.73 Å². The molecule has 1 amide bonds. The molecule has 9 heteroatoms. The Morgan fingerprint density at radius 1 is 1.29 bits per heavy atom. The standard InChI is InChI=1S/C15H19F3N4O2/c16-15(17,18)4-2-10(23)22-7-5-14(6-8-22)3-1-9-11(14)20-13(19)21-12(9)24/h1-8H2,(H3,19,20,21,24). The van der Waals surface area contributed by atoms with Gasteiger partial charge in [-0.3, -0.25) is 14.6 Å². The van der Waals surface area contributed by atoms with Crippen LogP contribution in [0.25, 0.3) is 0 Å². The highest BCUT2D eigenvalue weighted by atomic mass is 19.4. The fourth-order valence-corrected chi connectivity index (χ4v) is 3.75. The number of carbonyl (C=O) groups is 1. The first-order valence-corrected chi connectivity index (χ1v) is 7.94. The van der Waals surface area contributed by atoms with Crippen molar-refractivity contribution in [2.24, 2.45) is 0 Å². The minimum Gasteiger partial charge on any atom is -0.369 e. The molecule has 0 bridgehead atoms. The molecule has 1 aliphatic carbocycles. The van der Waals surface area contributed by atoms with Crippen LogP contribution in [0.15, 0.2) is 4.79 Å². The summed E-state index contributed by atoms with van der Waals surface area (Å²) in [5, 5.41) is 0. The minimum atomic E-state index is -4.32. The highest BCUT2D eigenvalue weighted by Crippen LogP contribution is 2.44.